The Morgan fingerprint density at radius 1 is 1.39 bits per heavy atom. The van der Waals surface area contributed by atoms with Gasteiger partial charge in [-0.3, -0.25) is 4.79 Å². The highest BCUT2D eigenvalue weighted by molar-refractivity contribution is 7.17. The summed E-state index contributed by atoms with van der Waals surface area (Å²) in [5, 5.41) is 2.91. The highest BCUT2D eigenvalue weighted by Crippen LogP contribution is 2.25. The molecule has 0 aromatic carbocycles. The Bertz CT molecular complexity index is 403. The van der Waals surface area contributed by atoms with Gasteiger partial charge in [-0.25, -0.2) is 0 Å². The Hall–Kier alpha value is -0.290. The van der Waals surface area contributed by atoms with Crippen molar-refractivity contribution in [3.05, 3.63) is 21.3 Å². The minimum absolute atomic E-state index is 0. The lowest BCUT2D eigenvalue weighted by Gasteiger charge is -2.33. The predicted molar refractivity (Wildman–Crippen MR) is 78.9 cm³/mol. The lowest BCUT2D eigenvalue weighted by atomic mass is 9.82. The van der Waals surface area contributed by atoms with Gasteiger partial charge in [-0.15, -0.1) is 23.7 Å². The zero-order chi connectivity index (χ0) is 12.3. The zero-order valence-electron chi connectivity index (χ0n) is 10.1. The molecule has 0 radical (unpaired) electrons. The maximum Gasteiger partial charge on any atom is 0.261 e. The van der Waals surface area contributed by atoms with Gasteiger partial charge in [0.1, 0.15) is 0 Å². The number of thiophene rings is 1. The number of hydrogen-bond acceptors (Lipinski definition) is 3. The Morgan fingerprint density at radius 2 is 2.06 bits per heavy atom. The van der Waals surface area contributed by atoms with Crippen LogP contribution in [0.2, 0.25) is 4.34 Å². The van der Waals surface area contributed by atoms with E-state index in [9.17, 15) is 4.79 Å². The Morgan fingerprint density at radius 3 is 2.61 bits per heavy atom. The Kier molecular flexibility index (Phi) is 5.92. The number of halogens is 2. The van der Waals surface area contributed by atoms with Crippen molar-refractivity contribution in [1.29, 1.82) is 0 Å². The van der Waals surface area contributed by atoms with Crippen molar-refractivity contribution in [1.82, 2.24) is 5.32 Å². The van der Waals surface area contributed by atoms with Crippen LogP contribution >= 0.6 is 35.3 Å². The number of carbonyl (C=O) groups excluding carboxylic acids is 1. The standard InChI is InChI=1S/C12H17ClN2OS.ClH/c13-10-5-4-9(17-10)11(16)15-8-12(14)6-2-1-3-7-12;/h4-5H,1-3,6-8,14H2,(H,15,16);1H. The molecule has 3 nitrogen and oxygen atoms in total. The number of nitrogens with two attached hydrogens (primary N) is 1. The molecule has 1 aliphatic carbocycles. The molecule has 102 valence electrons. The van der Waals surface area contributed by atoms with Crippen LogP contribution in [0.4, 0.5) is 0 Å². The van der Waals surface area contributed by atoms with Crippen molar-refractivity contribution in [3.63, 3.8) is 0 Å². The third-order valence-corrected chi connectivity index (χ3v) is 4.48. The summed E-state index contributed by atoms with van der Waals surface area (Å²) in [6.07, 6.45) is 5.58. The summed E-state index contributed by atoms with van der Waals surface area (Å²) in [4.78, 5) is 12.5. The quantitative estimate of drug-likeness (QED) is 0.901. The highest BCUT2D eigenvalue weighted by atomic mass is 35.5. The molecule has 1 fully saturated rings. The molecule has 1 aliphatic rings. The van der Waals surface area contributed by atoms with Crippen molar-refractivity contribution in [2.24, 2.45) is 5.73 Å². The Labute approximate surface area is 122 Å². The molecule has 1 aromatic heterocycles. The van der Waals surface area contributed by atoms with Crippen LogP contribution in [0.25, 0.3) is 0 Å². The second kappa shape index (κ2) is 6.75. The zero-order valence-corrected chi connectivity index (χ0v) is 12.5. The van der Waals surface area contributed by atoms with Crippen LogP contribution in [0.3, 0.4) is 0 Å². The number of nitrogens with one attached hydrogen (secondary N) is 1. The van der Waals surface area contributed by atoms with E-state index in [1.807, 2.05) is 0 Å². The molecule has 3 N–H and O–H groups in total. The molecule has 0 spiro atoms. The van der Waals surface area contributed by atoms with E-state index in [4.69, 9.17) is 17.3 Å². The largest absolute Gasteiger partial charge is 0.349 e. The van der Waals surface area contributed by atoms with E-state index in [1.54, 1.807) is 12.1 Å². The van der Waals surface area contributed by atoms with Crippen molar-refractivity contribution >= 4 is 41.3 Å². The van der Waals surface area contributed by atoms with Gasteiger partial charge in [-0.2, -0.15) is 0 Å². The number of rotatable bonds is 3. The third-order valence-electron chi connectivity index (χ3n) is 3.25. The fourth-order valence-corrected chi connectivity index (χ4v) is 3.17. The lowest BCUT2D eigenvalue weighted by molar-refractivity contribution is 0.0942. The maximum absolute atomic E-state index is 11.8. The third kappa shape index (κ3) is 4.12. The van der Waals surface area contributed by atoms with Crippen LogP contribution in [-0.4, -0.2) is 18.0 Å². The summed E-state index contributed by atoms with van der Waals surface area (Å²) in [5.74, 6) is -0.0719. The SMILES string of the molecule is Cl.NC1(CNC(=O)c2ccc(Cl)s2)CCCCC1. The molecule has 0 unspecified atom stereocenters. The molecule has 1 saturated carbocycles. The molecule has 1 aromatic rings. The number of amides is 1. The van der Waals surface area contributed by atoms with E-state index >= 15 is 0 Å². The molecule has 0 atom stereocenters. The van der Waals surface area contributed by atoms with Crippen molar-refractivity contribution in [2.75, 3.05) is 6.54 Å². The van der Waals surface area contributed by atoms with Gasteiger partial charge in [0.2, 0.25) is 0 Å². The highest BCUT2D eigenvalue weighted by Gasteiger charge is 2.27. The summed E-state index contributed by atoms with van der Waals surface area (Å²) in [7, 11) is 0. The molecule has 2 rings (SSSR count). The van der Waals surface area contributed by atoms with Gasteiger partial charge in [0.25, 0.3) is 5.91 Å². The molecule has 0 aliphatic heterocycles. The van der Waals surface area contributed by atoms with Crippen molar-refractivity contribution < 1.29 is 4.79 Å². The fraction of sp³-hybridized carbons (Fsp3) is 0.583. The minimum atomic E-state index is -0.213. The first-order valence-electron chi connectivity index (χ1n) is 5.91. The smallest absolute Gasteiger partial charge is 0.261 e. The van der Waals surface area contributed by atoms with Crippen LogP contribution in [0.15, 0.2) is 12.1 Å². The van der Waals surface area contributed by atoms with Crippen LogP contribution in [-0.2, 0) is 0 Å². The monoisotopic (exact) mass is 308 g/mol. The second-order valence-electron chi connectivity index (χ2n) is 4.71. The first-order valence-corrected chi connectivity index (χ1v) is 7.11. The lowest BCUT2D eigenvalue weighted by Crippen LogP contribution is -2.51. The average molecular weight is 309 g/mol. The summed E-state index contributed by atoms with van der Waals surface area (Å²) in [6.45, 7) is 0.557. The van der Waals surface area contributed by atoms with Gasteiger partial charge in [-0.1, -0.05) is 30.9 Å². The topological polar surface area (TPSA) is 55.1 Å². The first-order chi connectivity index (χ1) is 8.09. The van der Waals surface area contributed by atoms with Crippen LogP contribution < -0.4 is 11.1 Å². The van der Waals surface area contributed by atoms with Gasteiger partial charge in [0, 0.05) is 12.1 Å². The van der Waals surface area contributed by atoms with E-state index in [0.29, 0.717) is 15.8 Å². The summed E-state index contributed by atoms with van der Waals surface area (Å²) < 4.78 is 0.635. The fourth-order valence-electron chi connectivity index (χ4n) is 2.21. The molecule has 6 heteroatoms. The number of hydrogen-bond donors (Lipinski definition) is 2. The maximum atomic E-state index is 11.8. The average Bonchev–Trinajstić information content (AvgIpc) is 2.74. The molecular formula is C12H18Cl2N2OS. The summed E-state index contributed by atoms with van der Waals surface area (Å²) in [5.41, 5.74) is 6.04. The molecular weight excluding hydrogens is 291 g/mol. The van der Waals surface area contributed by atoms with E-state index in [1.165, 1.54) is 17.8 Å². The van der Waals surface area contributed by atoms with Crippen LogP contribution in [0.1, 0.15) is 41.8 Å². The molecule has 0 bridgehead atoms. The molecule has 18 heavy (non-hydrogen) atoms. The first kappa shape index (κ1) is 15.8. The van der Waals surface area contributed by atoms with Crippen LogP contribution in [0, 0.1) is 0 Å². The normalized spacial score (nSPS) is 17.9. The van der Waals surface area contributed by atoms with Gasteiger partial charge in [-0.05, 0) is 25.0 Å². The summed E-state index contributed by atoms with van der Waals surface area (Å²) >= 11 is 7.09. The minimum Gasteiger partial charge on any atom is -0.349 e. The second-order valence-corrected chi connectivity index (χ2v) is 6.42. The van der Waals surface area contributed by atoms with E-state index in [0.717, 1.165) is 25.7 Å². The van der Waals surface area contributed by atoms with Gasteiger partial charge in [0.05, 0.1) is 9.21 Å². The molecule has 0 saturated heterocycles. The molecule has 1 amide bonds. The molecule has 1 heterocycles. The van der Waals surface area contributed by atoms with Gasteiger partial charge < -0.3 is 11.1 Å². The van der Waals surface area contributed by atoms with E-state index < -0.39 is 0 Å². The van der Waals surface area contributed by atoms with E-state index in [2.05, 4.69) is 5.32 Å². The van der Waals surface area contributed by atoms with E-state index in [-0.39, 0.29) is 23.9 Å². The van der Waals surface area contributed by atoms with Crippen molar-refractivity contribution in [3.8, 4) is 0 Å². The van der Waals surface area contributed by atoms with Crippen molar-refractivity contribution in [2.45, 2.75) is 37.6 Å². The Balaban J connectivity index is 0.00000162. The van der Waals surface area contributed by atoms with Gasteiger partial charge in [0.15, 0.2) is 0 Å². The van der Waals surface area contributed by atoms with Crippen LogP contribution in [0.5, 0.6) is 0 Å². The number of carbonyl (C=O) groups is 1. The van der Waals surface area contributed by atoms with Gasteiger partial charge >= 0.3 is 0 Å². The predicted octanol–water partition coefficient (Wildman–Crippen LogP) is 3.21. The summed E-state index contributed by atoms with van der Waals surface area (Å²) in [6, 6.07) is 3.48.